The number of nitrogens with two attached hydrogens (primary N) is 1. The van der Waals surface area contributed by atoms with Gasteiger partial charge in [-0.2, -0.15) is 0 Å². The predicted octanol–water partition coefficient (Wildman–Crippen LogP) is 0.778. The molecule has 0 atom stereocenters. The number of nitrogen functional groups attached to an aromatic ring is 1. The van der Waals surface area contributed by atoms with Gasteiger partial charge in [-0.15, -0.1) is 0 Å². The van der Waals surface area contributed by atoms with Crippen LogP contribution < -0.4 is 16.2 Å². The summed E-state index contributed by atoms with van der Waals surface area (Å²) >= 11 is 0. The van der Waals surface area contributed by atoms with Gasteiger partial charge in [-0.25, -0.2) is 24.6 Å². The second kappa shape index (κ2) is 7.80. The minimum Gasteiger partial charge on any atom is -0.395 e. The van der Waals surface area contributed by atoms with Crippen molar-refractivity contribution in [2.24, 2.45) is 5.84 Å². The molecule has 1 aromatic rings. The lowest BCUT2D eigenvalue weighted by atomic mass is 10.3. The summed E-state index contributed by atoms with van der Waals surface area (Å²) in [6.45, 7) is 1.32. The van der Waals surface area contributed by atoms with Gasteiger partial charge < -0.3 is 15.4 Å². The fraction of sp³-hybridized carbons (Fsp3) is 0.636. The Labute approximate surface area is 110 Å². The first-order chi connectivity index (χ1) is 9.10. The fourth-order valence-corrected chi connectivity index (χ4v) is 1.64. The van der Waals surface area contributed by atoms with Gasteiger partial charge in [0.05, 0.1) is 13.2 Å². The molecule has 0 amide bonds. The van der Waals surface area contributed by atoms with Gasteiger partial charge in [-0.05, 0) is 6.42 Å². The Morgan fingerprint density at radius 3 is 2.74 bits per heavy atom. The van der Waals surface area contributed by atoms with Crippen LogP contribution in [0.5, 0.6) is 0 Å². The van der Waals surface area contributed by atoms with E-state index in [4.69, 9.17) is 10.9 Å². The lowest BCUT2D eigenvalue weighted by Crippen LogP contribution is -2.32. The number of hydrogen-bond donors (Lipinski definition) is 3. The molecule has 0 saturated carbocycles. The maximum atomic E-state index is 12.5. The number of aliphatic hydroxyl groups excluding tert-OH is 1. The second-order valence-electron chi connectivity index (χ2n) is 3.98. The average molecular weight is 275 g/mol. The van der Waals surface area contributed by atoms with E-state index in [0.717, 1.165) is 6.42 Å². The van der Waals surface area contributed by atoms with Crippen LogP contribution >= 0.6 is 0 Å². The Morgan fingerprint density at radius 2 is 2.21 bits per heavy atom. The van der Waals surface area contributed by atoms with Crippen LogP contribution in [0.4, 0.5) is 20.4 Å². The molecule has 0 aliphatic carbocycles. The number of aromatic nitrogens is 2. The van der Waals surface area contributed by atoms with Gasteiger partial charge in [0.25, 0.3) is 6.43 Å². The number of nitrogens with zero attached hydrogens (tertiary/aromatic N) is 3. The van der Waals surface area contributed by atoms with E-state index in [9.17, 15) is 8.78 Å². The van der Waals surface area contributed by atoms with E-state index in [2.05, 4.69) is 15.4 Å². The SMILES string of the molecule is CCCc1nc(NN)cc(N(CCO)CC(F)F)n1. The summed E-state index contributed by atoms with van der Waals surface area (Å²) < 4.78 is 25.0. The van der Waals surface area contributed by atoms with E-state index in [1.165, 1.54) is 11.0 Å². The highest BCUT2D eigenvalue weighted by atomic mass is 19.3. The lowest BCUT2D eigenvalue weighted by molar-refractivity contribution is 0.152. The summed E-state index contributed by atoms with van der Waals surface area (Å²) in [6, 6.07) is 1.48. The highest BCUT2D eigenvalue weighted by molar-refractivity contribution is 5.49. The topological polar surface area (TPSA) is 87.3 Å². The monoisotopic (exact) mass is 275 g/mol. The van der Waals surface area contributed by atoms with Crippen molar-refractivity contribution in [3.05, 3.63) is 11.9 Å². The van der Waals surface area contributed by atoms with Crippen LogP contribution in [0.1, 0.15) is 19.2 Å². The molecule has 19 heavy (non-hydrogen) atoms. The quantitative estimate of drug-likeness (QED) is 0.480. The summed E-state index contributed by atoms with van der Waals surface area (Å²) in [5.74, 6) is 6.54. The number of aryl methyl sites for hydroxylation is 1. The van der Waals surface area contributed by atoms with Crippen molar-refractivity contribution < 1.29 is 13.9 Å². The number of hydrazine groups is 1. The number of anilines is 2. The van der Waals surface area contributed by atoms with Crippen molar-refractivity contribution >= 4 is 11.6 Å². The van der Waals surface area contributed by atoms with E-state index < -0.39 is 13.0 Å². The molecule has 8 heteroatoms. The van der Waals surface area contributed by atoms with Crippen LogP contribution in [-0.4, -0.2) is 41.2 Å². The number of aliphatic hydroxyl groups is 1. The molecule has 0 fully saturated rings. The molecule has 0 unspecified atom stereocenters. The normalized spacial score (nSPS) is 10.8. The first-order valence-corrected chi connectivity index (χ1v) is 6.09. The van der Waals surface area contributed by atoms with Crippen LogP contribution in [0.3, 0.4) is 0 Å². The van der Waals surface area contributed by atoms with Crippen molar-refractivity contribution in [1.82, 2.24) is 9.97 Å². The third kappa shape index (κ3) is 4.92. The standard InChI is InChI=1S/C11H19F2N5O/c1-2-3-9-15-10(17-14)6-11(16-9)18(4-5-19)7-8(12)13/h6,8,19H,2-5,7,14H2,1H3,(H,15,16,17). The molecule has 108 valence electrons. The molecule has 0 bridgehead atoms. The van der Waals surface area contributed by atoms with E-state index in [1.807, 2.05) is 6.92 Å². The molecule has 0 radical (unpaired) electrons. The Balaban J connectivity index is 3.02. The van der Waals surface area contributed by atoms with Crippen molar-refractivity contribution in [3.8, 4) is 0 Å². The molecular weight excluding hydrogens is 256 g/mol. The number of alkyl halides is 2. The molecule has 1 heterocycles. The van der Waals surface area contributed by atoms with Gasteiger partial charge in [0.1, 0.15) is 17.5 Å². The molecule has 1 rings (SSSR count). The number of rotatable bonds is 8. The fourth-order valence-electron chi connectivity index (χ4n) is 1.64. The largest absolute Gasteiger partial charge is 0.395 e. The molecule has 0 saturated heterocycles. The number of hydrogen-bond acceptors (Lipinski definition) is 6. The molecule has 0 aliphatic heterocycles. The number of nitrogens with one attached hydrogen (secondary N) is 1. The molecule has 1 aromatic heterocycles. The van der Waals surface area contributed by atoms with E-state index in [-0.39, 0.29) is 13.2 Å². The first kappa shape index (κ1) is 15.5. The van der Waals surface area contributed by atoms with Gasteiger partial charge in [0.2, 0.25) is 0 Å². The van der Waals surface area contributed by atoms with Gasteiger partial charge in [0, 0.05) is 19.0 Å². The van der Waals surface area contributed by atoms with Gasteiger partial charge in [-0.3, -0.25) is 0 Å². The van der Waals surface area contributed by atoms with Crippen LogP contribution in [0, 0.1) is 0 Å². The van der Waals surface area contributed by atoms with Gasteiger partial charge in [-0.1, -0.05) is 6.92 Å². The Kier molecular flexibility index (Phi) is 6.37. The average Bonchev–Trinajstić information content (AvgIpc) is 2.37. The third-order valence-electron chi connectivity index (χ3n) is 2.43. The van der Waals surface area contributed by atoms with Crippen molar-refractivity contribution in [2.45, 2.75) is 26.2 Å². The van der Waals surface area contributed by atoms with E-state index in [0.29, 0.717) is 23.9 Å². The summed E-state index contributed by atoms with van der Waals surface area (Å²) in [4.78, 5) is 9.67. The zero-order valence-electron chi connectivity index (χ0n) is 10.8. The molecule has 0 spiro atoms. The van der Waals surface area contributed by atoms with Crippen molar-refractivity contribution in [1.29, 1.82) is 0 Å². The molecular formula is C11H19F2N5O. The summed E-state index contributed by atoms with van der Waals surface area (Å²) in [7, 11) is 0. The molecule has 0 aliphatic rings. The smallest absolute Gasteiger partial charge is 0.255 e. The minimum atomic E-state index is -2.51. The second-order valence-corrected chi connectivity index (χ2v) is 3.98. The molecule has 6 nitrogen and oxygen atoms in total. The first-order valence-electron chi connectivity index (χ1n) is 6.09. The van der Waals surface area contributed by atoms with Crippen LogP contribution in [0.2, 0.25) is 0 Å². The van der Waals surface area contributed by atoms with Crippen LogP contribution in [-0.2, 0) is 6.42 Å². The Hall–Kier alpha value is -1.54. The third-order valence-corrected chi connectivity index (χ3v) is 2.43. The summed E-state index contributed by atoms with van der Waals surface area (Å²) in [5.41, 5.74) is 2.39. The summed E-state index contributed by atoms with van der Waals surface area (Å²) in [5, 5.41) is 8.94. The maximum Gasteiger partial charge on any atom is 0.255 e. The van der Waals surface area contributed by atoms with Crippen molar-refractivity contribution in [2.75, 3.05) is 30.0 Å². The lowest BCUT2D eigenvalue weighted by Gasteiger charge is -2.23. The highest BCUT2D eigenvalue weighted by Gasteiger charge is 2.15. The van der Waals surface area contributed by atoms with Crippen molar-refractivity contribution in [3.63, 3.8) is 0 Å². The van der Waals surface area contributed by atoms with Gasteiger partial charge in [0.15, 0.2) is 0 Å². The van der Waals surface area contributed by atoms with E-state index >= 15 is 0 Å². The Morgan fingerprint density at radius 1 is 1.47 bits per heavy atom. The molecule has 4 N–H and O–H groups in total. The van der Waals surface area contributed by atoms with E-state index in [1.54, 1.807) is 0 Å². The predicted molar refractivity (Wildman–Crippen MR) is 69.1 cm³/mol. The highest BCUT2D eigenvalue weighted by Crippen LogP contribution is 2.17. The Bertz CT molecular complexity index is 391. The van der Waals surface area contributed by atoms with Crippen LogP contribution in [0.15, 0.2) is 6.07 Å². The minimum absolute atomic E-state index is 0.0803. The number of halogens is 2. The maximum absolute atomic E-state index is 12.5. The van der Waals surface area contributed by atoms with Crippen LogP contribution in [0.25, 0.3) is 0 Å². The summed E-state index contributed by atoms with van der Waals surface area (Å²) in [6.07, 6.45) is -1.04. The zero-order valence-corrected chi connectivity index (χ0v) is 10.8. The van der Waals surface area contributed by atoms with Gasteiger partial charge >= 0.3 is 0 Å². The molecule has 0 aromatic carbocycles. The zero-order chi connectivity index (χ0) is 14.3.